The number of rotatable bonds is 1. The van der Waals surface area contributed by atoms with E-state index in [0.717, 1.165) is 11.1 Å². The largest absolute Gasteiger partial charge is 0.295 e. The van der Waals surface area contributed by atoms with Crippen molar-refractivity contribution in [2.45, 2.75) is 39.5 Å². The van der Waals surface area contributed by atoms with Crippen LogP contribution in [-0.4, -0.2) is 4.57 Å². The second-order valence-electron chi connectivity index (χ2n) is 8.74. The van der Waals surface area contributed by atoms with Gasteiger partial charge in [-0.25, -0.2) is 4.57 Å². The minimum atomic E-state index is 0.194. The number of hydrogen-bond donors (Lipinski definition) is 0. The number of fused-ring (bicyclic) bond motifs is 7. The highest BCUT2D eigenvalue weighted by molar-refractivity contribution is 5.83. The van der Waals surface area contributed by atoms with Gasteiger partial charge in [0.1, 0.15) is 5.69 Å². The molecule has 1 aliphatic rings. The topological polar surface area (TPSA) is 32.6 Å². The number of imidazole rings is 1. The molecule has 148 valence electrons. The van der Waals surface area contributed by atoms with E-state index >= 15 is 0 Å². The van der Waals surface area contributed by atoms with Crippen LogP contribution in [0, 0.1) is 18.3 Å². The van der Waals surface area contributed by atoms with Gasteiger partial charge in [-0.15, -0.1) is 0 Å². The molecule has 0 fully saturated rings. The fourth-order valence-electron chi connectivity index (χ4n) is 5.17. The van der Waals surface area contributed by atoms with E-state index in [1.165, 1.54) is 44.8 Å². The van der Waals surface area contributed by atoms with Crippen molar-refractivity contribution in [3.8, 4) is 23.1 Å². The molecule has 3 heteroatoms. The zero-order valence-electron chi connectivity index (χ0n) is 18.2. The number of benzene rings is 3. The Kier molecular flexibility index (Phi) is 4.08. The monoisotopic (exact) mass is 392 g/mol. The van der Waals surface area contributed by atoms with Gasteiger partial charge in [-0.3, -0.25) is 0 Å². The molecule has 1 aliphatic heterocycles. The lowest BCUT2D eigenvalue weighted by Gasteiger charge is -2.18. The molecular weight excluding hydrogens is 366 g/mol. The molecule has 1 aromatic heterocycles. The number of aryl methyl sites for hydroxylation is 2. The first-order valence-electron chi connectivity index (χ1n) is 10.6. The van der Waals surface area contributed by atoms with Crippen LogP contribution in [0.5, 0.6) is 0 Å². The van der Waals surface area contributed by atoms with Crippen molar-refractivity contribution in [2.75, 3.05) is 0 Å². The molecule has 0 amide bonds. The zero-order chi connectivity index (χ0) is 21.2. The van der Waals surface area contributed by atoms with Gasteiger partial charge in [0.05, 0.1) is 24.2 Å². The summed E-state index contributed by atoms with van der Waals surface area (Å²) in [6.07, 6.45) is 0. The maximum atomic E-state index is 9.64. The van der Waals surface area contributed by atoms with Crippen molar-refractivity contribution in [3.63, 3.8) is 0 Å². The second kappa shape index (κ2) is 6.57. The first-order chi connectivity index (χ1) is 14.4. The van der Waals surface area contributed by atoms with Crippen molar-refractivity contribution in [1.82, 2.24) is 4.57 Å². The second-order valence-corrected chi connectivity index (χ2v) is 8.74. The molecule has 0 radical (unpaired) electrons. The average Bonchev–Trinajstić information content (AvgIpc) is 2.97. The summed E-state index contributed by atoms with van der Waals surface area (Å²) in [6, 6.07) is 21.8. The molecule has 0 aliphatic carbocycles. The van der Waals surface area contributed by atoms with Crippen LogP contribution in [0.1, 0.15) is 60.4 Å². The number of nitriles is 1. The Bertz CT molecular complexity index is 1370. The Labute approximate surface area is 177 Å². The van der Waals surface area contributed by atoms with Gasteiger partial charge in [0.15, 0.2) is 11.0 Å². The molecule has 0 bridgehead atoms. The Morgan fingerprint density at radius 2 is 1.80 bits per heavy atom. The first-order valence-corrected chi connectivity index (χ1v) is 10.6. The molecule has 5 rings (SSSR count). The highest BCUT2D eigenvalue weighted by Gasteiger charge is 2.37. The van der Waals surface area contributed by atoms with Crippen LogP contribution < -0.4 is 4.57 Å². The Morgan fingerprint density at radius 1 is 1.03 bits per heavy atom. The molecule has 3 nitrogen and oxygen atoms in total. The predicted molar refractivity (Wildman–Crippen MR) is 121 cm³/mol. The van der Waals surface area contributed by atoms with Gasteiger partial charge in [0, 0.05) is 17.0 Å². The van der Waals surface area contributed by atoms with Crippen LogP contribution in [0.2, 0.25) is 0 Å². The molecule has 2 heterocycles. The van der Waals surface area contributed by atoms with E-state index in [0.29, 0.717) is 5.92 Å². The van der Waals surface area contributed by atoms with E-state index in [-0.39, 0.29) is 5.92 Å². The van der Waals surface area contributed by atoms with Gasteiger partial charge < -0.3 is 0 Å². The van der Waals surface area contributed by atoms with Gasteiger partial charge in [0.25, 0.3) is 5.82 Å². The molecular formula is C27H26N3+. The Balaban J connectivity index is 2.07. The van der Waals surface area contributed by atoms with Crippen LogP contribution in [0.15, 0.2) is 54.6 Å². The van der Waals surface area contributed by atoms with Gasteiger partial charge in [0.2, 0.25) is 0 Å². The van der Waals surface area contributed by atoms with Crippen molar-refractivity contribution in [2.24, 2.45) is 7.05 Å². The summed E-state index contributed by atoms with van der Waals surface area (Å²) >= 11 is 0. The van der Waals surface area contributed by atoms with Gasteiger partial charge in [-0.05, 0) is 48.2 Å². The molecule has 0 saturated heterocycles. The van der Waals surface area contributed by atoms with Crippen LogP contribution in [0.3, 0.4) is 0 Å². The summed E-state index contributed by atoms with van der Waals surface area (Å²) in [5.74, 6) is 1.79. The van der Waals surface area contributed by atoms with Crippen molar-refractivity contribution >= 4 is 11.0 Å². The van der Waals surface area contributed by atoms with E-state index < -0.39 is 0 Å². The Morgan fingerprint density at radius 3 is 2.53 bits per heavy atom. The quantitative estimate of drug-likeness (QED) is 0.372. The normalized spacial score (nSPS) is 14.8. The smallest absolute Gasteiger partial charge is 0.225 e. The number of nitrogens with zero attached hydrogens (tertiary/aromatic N) is 3. The SMILES string of the molecule is Cc1cc(C#N)cc2c1-c1n(c3ccccc3[n+]1C)-c1c(C(C)C)cccc1C2C. The van der Waals surface area contributed by atoms with Crippen molar-refractivity contribution < 1.29 is 4.57 Å². The van der Waals surface area contributed by atoms with E-state index in [9.17, 15) is 5.26 Å². The van der Waals surface area contributed by atoms with Gasteiger partial charge in [-0.1, -0.05) is 51.1 Å². The first kappa shape index (κ1) is 18.6. The fraction of sp³-hybridized carbons (Fsp3) is 0.259. The molecule has 0 saturated carbocycles. The zero-order valence-corrected chi connectivity index (χ0v) is 18.2. The molecule has 0 spiro atoms. The average molecular weight is 393 g/mol. The maximum absolute atomic E-state index is 9.64. The molecule has 1 atom stereocenters. The van der Waals surface area contributed by atoms with Crippen LogP contribution in [0.25, 0.3) is 28.1 Å². The standard InChI is InChI=1S/C27H26N3/c1-16(2)20-9-8-10-21-18(4)22-14-19(15-28)13-17(3)25(22)27-29(5)23-11-6-7-12-24(23)30(27)26(20)21/h6-14,16,18H,1-5H3/q+1. The lowest BCUT2D eigenvalue weighted by Crippen LogP contribution is -2.30. The van der Waals surface area contributed by atoms with Crippen molar-refractivity contribution in [3.05, 3.63) is 82.4 Å². The van der Waals surface area contributed by atoms with E-state index in [2.05, 4.69) is 98.5 Å². The third-order valence-electron chi connectivity index (χ3n) is 6.61. The summed E-state index contributed by atoms with van der Waals surface area (Å²) in [7, 11) is 2.16. The molecule has 4 aromatic rings. The lowest BCUT2D eigenvalue weighted by atomic mass is 9.85. The Hall–Kier alpha value is -3.38. The number of hydrogen-bond acceptors (Lipinski definition) is 1. The fourth-order valence-corrected chi connectivity index (χ4v) is 5.17. The van der Waals surface area contributed by atoms with Crippen LogP contribution >= 0.6 is 0 Å². The number of para-hydroxylation sites is 3. The van der Waals surface area contributed by atoms with Crippen molar-refractivity contribution in [1.29, 1.82) is 5.26 Å². The minimum absolute atomic E-state index is 0.194. The molecule has 0 N–H and O–H groups in total. The summed E-state index contributed by atoms with van der Waals surface area (Å²) in [5, 5.41) is 9.64. The lowest BCUT2D eigenvalue weighted by molar-refractivity contribution is -0.633. The highest BCUT2D eigenvalue weighted by Crippen LogP contribution is 2.45. The molecule has 1 unspecified atom stereocenters. The highest BCUT2D eigenvalue weighted by atomic mass is 15.2. The van der Waals surface area contributed by atoms with E-state index in [1.807, 2.05) is 6.07 Å². The summed E-state index contributed by atoms with van der Waals surface area (Å²) in [5.41, 5.74) is 10.7. The maximum Gasteiger partial charge on any atom is 0.295 e. The summed E-state index contributed by atoms with van der Waals surface area (Å²) in [4.78, 5) is 0. The number of aromatic nitrogens is 2. The van der Waals surface area contributed by atoms with Crippen LogP contribution in [-0.2, 0) is 7.05 Å². The van der Waals surface area contributed by atoms with E-state index in [1.54, 1.807) is 0 Å². The van der Waals surface area contributed by atoms with Gasteiger partial charge >= 0.3 is 0 Å². The molecule has 3 aromatic carbocycles. The van der Waals surface area contributed by atoms with E-state index in [4.69, 9.17) is 0 Å². The summed E-state index contributed by atoms with van der Waals surface area (Å²) < 4.78 is 4.77. The summed E-state index contributed by atoms with van der Waals surface area (Å²) in [6.45, 7) is 8.94. The van der Waals surface area contributed by atoms with Crippen LogP contribution in [0.4, 0.5) is 0 Å². The van der Waals surface area contributed by atoms with Gasteiger partial charge in [-0.2, -0.15) is 9.83 Å². The predicted octanol–water partition coefficient (Wildman–Crippen LogP) is 5.89. The molecule has 30 heavy (non-hydrogen) atoms. The minimum Gasteiger partial charge on any atom is -0.225 e. The third-order valence-corrected chi connectivity index (χ3v) is 6.61. The third kappa shape index (κ3) is 2.40.